The van der Waals surface area contributed by atoms with Crippen molar-refractivity contribution in [2.24, 2.45) is 0 Å². The second-order valence-corrected chi connectivity index (χ2v) is 9.90. The highest BCUT2D eigenvalue weighted by atomic mass is 32.2. The van der Waals surface area contributed by atoms with Crippen molar-refractivity contribution in [2.45, 2.75) is 32.1 Å². The molecule has 0 aliphatic rings. The van der Waals surface area contributed by atoms with Crippen LogP contribution in [-0.2, 0) is 9.84 Å². The molecule has 0 saturated carbocycles. The zero-order chi connectivity index (χ0) is 23.5. The summed E-state index contributed by atoms with van der Waals surface area (Å²) in [6.45, 7) is 6.58. The maximum atomic E-state index is 12.9. The molecular formula is C23H28N4O4S. The Balaban J connectivity index is 1.59. The highest BCUT2D eigenvalue weighted by molar-refractivity contribution is 7.90. The molecule has 0 fully saturated rings. The first-order valence-electron chi connectivity index (χ1n) is 10.3. The summed E-state index contributed by atoms with van der Waals surface area (Å²) < 4.78 is 29.0. The Hall–Kier alpha value is -3.20. The zero-order valence-electron chi connectivity index (χ0n) is 19.0. The van der Waals surface area contributed by atoms with E-state index in [4.69, 9.17) is 4.74 Å². The smallest absolute Gasteiger partial charge is 0.276 e. The fourth-order valence-electron chi connectivity index (χ4n) is 3.28. The molecule has 8 nitrogen and oxygen atoms in total. The summed E-state index contributed by atoms with van der Waals surface area (Å²) in [5, 5.41) is 8.85. The molecule has 0 aliphatic carbocycles. The molecule has 0 spiro atoms. The number of aryl methyl sites for hydroxylation is 3. The summed E-state index contributed by atoms with van der Waals surface area (Å²) in [6, 6.07) is 12.4. The predicted octanol–water partition coefficient (Wildman–Crippen LogP) is 3.14. The lowest BCUT2D eigenvalue weighted by Gasteiger charge is -2.16. The second kappa shape index (κ2) is 9.52. The molecule has 2 aromatic carbocycles. The maximum absolute atomic E-state index is 12.9. The summed E-state index contributed by atoms with van der Waals surface area (Å²) in [4.78, 5) is 16.2. The van der Waals surface area contributed by atoms with Crippen molar-refractivity contribution in [3.63, 3.8) is 0 Å². The number of hydrogen-bond acceptors (Lipinski definition) is 6. The molecule has 0 atom stereocenters. The van der Waals surface area contributed by atoms with Gasteiger partial charge in [-0.15, -0.1) is 5.10 Å². The first-order valence-corrected chi connectivity index (χ1v) is 12.2. The van der Waals surface area contributed by atoms with E-state index in [0.29, 0.717) is 36.7 Å². The summed E-state index contributed by atoms with van der Waals surface area (Å²) in [6.07, 6.45) is 1.74. The Labute approximate surface area is 188 Å². The number of amides is 1. The van der Waals surface area contributed by atoms with Gasteiger partial charge < -0.3 is 9.64 Å². The van der Waals surface area contributed by atoms with Crippen molar-refractivity contribution in [1.29, 1.82) is 0 Å². The number of rotatable bonds is 8. The average molecular weight is 457 g/mol. The van der Waals surface area contributed by atoms with Crippen LogP contribution in [0.4, 0.5) is 0 Å². The molecule has 0 aliphatic heterocycles. The number of nitrogens with zero attached hydrogens (tertiary/aromatic N) is 4. The fraction of sp³-hybridized carbons (Fsp3) is 0.348. The van der Waals surface area contributed by atoms with Crippen molar-refractivity contribution in [1.82, 2.24) is 19.9 Å². The van der Waals surface area contributed by atoms with Gasteiger partial charge in [-0.3, -0.25) is 4.79 Å². The summed E-state index contributed by atoms with van der Waals surface area (Å²) in [5.74, 6) is 0.270. The van der Waals surface area contributed by atoms with Gasteiger partial charge in [-0.2, -0.15) is 9.90 Å². The van der Waals surface area contributed by atoms with Crippen molar-refractivity contribution in [3.05, 3.63) is 65.0 Å². The van der Waals surface area contributed by atoms with Crippen LogP contribution in [-0.4, -0.2) is 60.7 Å². The number of benzene rings is 2. The molecule has 170 valence electrons. The van der Waals surface area contributed by atoms with E-state index in [1.54, 1.807) is 31.0 Å². The molecule has 1 amide bonds. The molecule has 0 bridgehead atoms. The van der Waals surface area contributed by atoms with Crippen molar-refractivity contribution >= 4 is 15.7 Å². The molecular weight excluding hydrogens is 428 g/mol. The Morgan fingerprint density at radius 3 is 2.53 bits per heavy atom. The molecule has 0 N–H and O–H groups in total. The molecule has 32 heavy (non-hydrogen) atoms. The first kappa shape index (κ1) is 23.5. The molecule has 0 radical (unpaired) electrons. The Kier molecular flexibility index (Phi) is 6.98. The van der Waals surface area contributed by atoms with Crippen LogP contribution in [0.5, 0.6) is 5.75 Å². The van der Waals surface area contributed by atoms with E-state index in [-0.39, 0.29) is 10.8 Å². The topological polar surface area (TPSA) is 94.4 Å². The van der Waals surface area contributed by atoms with E-state index in [1.807, 2.05) is 32.0 Å². The monoisotopic (exact) mass is 456 g/mol. The highest BCUT2D eigenvalue weighted by Crippen LogP contribution is 2.18. The Bertz CT molecular complexity index is 1230. The number of sulfone groups is 1. The van der Waals surface area contributed by atoms with Crippen LogP contribution in [0.2, 0.25) is 0 Å². The van der Waals surface area contributed by atoms with Gasteiger partial charge in [-0.25, -0.2) is 8.42 Å². The highest BCUT2D eigenvalue weighted by Gasteiger charge is 2.20. The number of carbonyl (C=O) groups is 1. The van der Waals surface area contributed by atoms with Gasteiger partial charge in [0.1, 0.15) is 5.75 Å². The average Bonchev–Trinajstić information content (AvgIpc) is 3.11. The number of aromatic nitrogens is 3. The number of carbonyl (C=O) groups excluding carboxylic acids is 1. The minimum absolute atomic E-state index is 0.211. The number of ether oxygens (including phenoxy) is 1. The molecule has 3 aromatic rings. The van der Waals surface area contributed by atoms with Gasteiger partial charge in [-0.05, 0) is 57.0 Å². The van der Waals surface area contributed by atoms with Gasteiger partial charge in [0.05, 0.1) is 22.9 Å². The Morgan fingerprint density at radius 2 is 1.84 bits per heavy atom. The van der Waals surface area contributed by atoms with Crippen LogP contribution in [0.1, 0.15) is 33.7 Å². The van der Waals surface area contributed by atoms with E-state index in [0.717, 1.165) is 23.1 Å². The van der Waals surface area contributed by atoms with Gasteiger partial charge in [0.2, 0.25) is 0 Å². The van der Waals surface area contributed by atoms with E-state index in [2.05, 4.69) is 10.2 Å². The fourth-order valence-corrected chi connectivity index (χ4v) is 3.94. The summed E-state index contributed by atoms with van der Waals surface area (Å²) in [5.41, 5.74) is 3.90. The second-order valence-electron chi connectivity index (χ2n) is 7.89. The molecule has 9 heteroatoms. The first-order chi connectivity index (χ1) is 15.1. The largest absolute Gasteiger partial charge is 0.493 e. The van der Waals surface area contributed by atoms with Crippen molar-refractivity contribution in [3.8, 4) is 11.4 Å². The van der Waals surface area contributed by atoms with Crippen LogP contribution < -0.4 is 4.74 Å². The third kappa shape index (κ3) is 5.53. The quantitative estimate of drug-likeness (QED) is 0.484. The van der Waals surface area contributed by atoms with Gasteiger partial charge >= 0.3 is 0 Å². The van der Waals surface area contributed by atoms with Crippen molar-refractivity contribution in [2.75, 3.05) is 26.5 Å². The third-order valence-corrected chi connectivity index (χ3v) is 6.15. The van der Waals surface area contributed by atoms with Gasteiger partial charge in [-0.1, -0.05) is 23.8 Å². The standard InChI is InChI=1S/C23H28N4O4S/c1-16-10-11-21(17(2)14-16)27-24-18(3)22(25-27)23(28)26(4)12-7-13-31-19-8-6-9-20(15-19)32(5,29)30/h6,8-11,14-15H,7,12-13H2,1-5H3. The molecule has 0 unspecified atom stereocenters. The van der Waals surface area contributed by atoms with Crippen LogP contribution in [0.25, 0.3) is 5.69 Å². The van der Waals surface area contributed by atoms with Crippen molar-refractivity contribution < 1.29 is 17.9 Å². The van der Waals surface area contributed by atoms with Crippen LogP contribution >= 0.6 is 0 Å². The van der Waals surface area contributed by atoms with Gasteiger partial charge in [0.15, 0.2) is 15.5 Å². The minimum atomic E-state index is -3.29. The molecule has 0 saturated heterocycles. The molecule has 1 aromatic heterocycles. The molecule has 3 rings (SSSR count). The number of hydrogen-bond donors (Lipinski definition) is 0. The van der Waals surface area contributed by atoms with Gasteiger partial charge in [0, 0.05) is 19.8 Å². The van der Waals surface area contributed by atoms with Crippen LogP contribution in [0.3, 0.4) is 0 Å². The Morgan fingerprint density at radius 1 is 1.09 bits per heavy atom. The van der Waals surface area contributed by atoms with Gasteiger partial charge in [0.25, 0.3) is 5.91 Å². The summed E-state index contributed by atoms with van der Waals surface area (Å²) in [7, 11) is -1.58. The maximum Gasteiger partial charge on any atom is 0.276 e. The SMILES string of the molecule is Cc1ccc(-n2nc(C)c(C(=O)N(C)CCCOc3cccc(S(C)(=O)=O)c3)n2)c(C)c1. The lowest BCUT2D eigenvalue weighted by molar-refractivity contribution is 0.0781. The predicted molar refractivity (Wildman–Crippen MR) is 122 cm³/mol. The lowest BCUT2D eigenvalue weighted by atomic mass is 10.1. The molecule has 1 heterocycles. The minimum Gasteiger partial charge on any atom is -0.493 e. The summed E-state index contributed by atoms with van der Waals surface area (Å²) >= 11 is 0. The lowest BCUT2D eigenvalue weighted by Crippen LogP contribution is -2.29. The van der Waals surface area contributed by atoms with E-state index in [1.165, 1.54) is 16.9 Å². The zero-order valence-corrected chi connectivity index (χ0v) is 19.8. The van der Waals surface area contributed by atoms with E-state index < -0.39 is 9.84 Å². The normalized spacial score (nSPS) is 11.4. The van der Waals surface area contributed by atoms with Crippen LogP contribution in [0.15, 0.2) is 47.4 Å². The van der Waals surface area contributed by atoms with E-state index in [9.17, 15) is 13.2 Å². The van der Waals surface area contributed by atoms with Crippen LogP contribution in [0, 0.1) is 20.8 Å². The third-order valence-electron chi connectivity index (χ3n) is 5.04. The van der Waals surface area contributed by atoms with E-state index >= 15 is 0 Å².